The maximum atomic E-state index is 11.2. The summed E-state index contributed by atoms with van der Waals surface area (Å²) in [6.07, 6.45) is 0.651. The topological polar surface area (TPSA) is 96.6 Å². The van der Waals surface area contributed by atoms with Crippen LogP contribution in [-0.2, 0) is 4.79 Å². The predicted octanol–water partition coefficient (Wildman–Crippen LogP) is 1.85. The van der Waals surface area contributed by atoms with Crippen LogP contribution in [0.5, 0.6) is 0 Å². The first-order valence-corrected chi connectivity index (χ1v) is 6.48. The summed E-state index contributed by atoms with van der Waals surface area (Å²) in [7, 11) is 0. The van der Waals surface area contributed by atoms with Crippen molar-refractivity contribution < 1.29 is 14.8 Å². The number of carboxylic acid groups (broad SMARTS) is 1. The third kappa shape index (κ3) is 2.87. The van der Waals surface area contributed by atoms with Crippen LogP contribution in [0.15, 0.2) is 12.1 Å². The van der Waals surface area contributed by atoms with Crippen LogP contribution in [0.25, 0.3) is 0 Å². The number of rotatable bonds is 3. The van der Waals surface area contributed by atoms with E-state index in [1.54, 1.807) is 13.0 Å². The summed E-state index contributed by atoms with van der Waals surface area (Å²) in [4.78, 5) is 27.6. The molecule has 108 valence electrons. The Hall–Kier alpha value is -2.18. The molecule has 1 aliphatic rings. The van der Waals surface area contributed by atoms with Gasteiger partial charge in [0.1, 0.15) is 11.5 Å². The highest BCUT2D eigenvalue weighted by Crippen LogP contribution is 2.27. The number of carbonyl (C=O) groups is 1. The molecule has 2 atom stereocenters. The van der Waals surface area contributed by atoms with Crippen LogP contribution in [0.4, 0.5) is 11.5 Å². The molecule has 2 heterocycles. The summed E-state index contributed by atoms with van der Waals surface area (Å²) in [5, 5.41) is 19.9. The van der Waals surface area contributed by atoms with Crippen LogP contribution < -0.4 is 4.90 Å². The molecule has 0 bridgehead atoms. The van der Waals surface area contributed by atoms with Crippen molar-refractivity contribution in [2.75, 3.05) is 18.0 Å². The van der Waals surface area contributed by atoms with E-state index in [-0.39, 0.29) is 11.6 Å². The standard InChI is InChI=1S/C13H17N3O4/c1-8-5-10(13(17)18)7-15(6-8)12-4-3-11(16(19)20)9(2)14-12/h3-4,8,10H,5-7H2,1-2H3,(H,17,18). The average molecular weight is 279 g/mol. The van der Waals surface area contributed by atoms with Gasteiger partial charge < -0.3 is 10.0 Å². The summed E-state index contributed by atoms with van der Waals surface area (Å²) in [6.45, 7) is 4.70. The lowest BCUT2D eigenvalue weighted by Crippen LogP contribution is -2.43. The van der Waals surface area contributed by atoms with E-state index < -0.39 is 16.8 Å². The van der Waals surface area contributed by atoms with Crippen LogP contribution in [-0.4, -0.2) is 34.1 Å². The van der Waals surface area contributed by atoms with Crippen LogP contribution in [0.1, 0.15) is 19.0 Å². The second-order valence-corrected chi connectivity index (χ2v) is 5.31. The number of carboxylic acids is 1. The van der Waals surface area contributed by atoms with Crippen LogP contribution in [0.3, 0.4) is 0 Å². The Morgan fingerprint density at radius 2 is 2.20 bits per heavy atom. The molecule has 1 fully saturated rings. The molecular weight excluding hydrogens is 262 g/mol. The van der Waals surface area contributed by atoms with E-state index in [0.717, 1.165) is 0 Å². The van der Waals surface area contributed by atoms with E-state index in [9.17, 15) is 14.9 Å². The molecule has 0 aromatic carbocycles. The number of nitrogens with zero attached hydrogens (tertiary/aromatic N) is 3. The quantitative estimate of drug-likeness (QED) is 0.670. The van der Waals surface area contributed by atoms with Gasteiger partial charge in [-0.2, -0.15) is 0 Å². The van der Waals surface area contributed by atoms with Crippen molar-refractivity contribution in [3.8, 4) is 0 Å². The number of aryl methyl sites for hydroxylation is 1. The second-order valence-electron chi connectivity index (χ2n) is 5.31. The molecular formula is C13H17N3O4. The SMILES string of the molecule is Cc1nc(N2CC(C)CC(C(=O)O)C2)ccc1[N+](=O)[O-]. The van der Waals surface area contributed by atoms with Gasteiger partial charge in [-0.1, -0.05) is 6.92 Å². The van der Waals surface area contributed by atoms with E-state index in [2.05, 4.69) is 4.98 Å². The van der Waals surface area contributed by atoms with Gasteiger partial charge in [0.05, 0.1) is 10.8 Å². The molecule has 0 spiro atoms. The number of aromatic nitrogens is 1. The molecule has 2 rings (SSSR count). The highest BCUT2D eigenvalue weighted by Gasteiger charge is 2.30. The summed E-state index contributed by atoms with van der Waals surface area (Å²) in [5.74, 6) is -0.371. The first-order chi connectivity index (χ1) is 9.38. The summed E-state index contributed by atoms with van der Waals surface area (Å²) in [6, 6.07) is 3.01. The van der Waals surface area contributed by atoms with Crippen molar-refractivity contribution >= 4 is 17.5 Å². The normalized spacial score (nSPS) is 22.6. The number of aliphatic carboxylic acids is 1. The Morgan fingerprint density at radius 1 is 1.50 bits per heavy atom. The minimum Gasteiger partial charge on any atom is -0.481 e. The average Bonchev–Trinajstić information content (AvgIpc) is 2.37. The Kier molecular flexibility index (Phi) is 3.87. The zero-order valence-corrected chi connectivity index (χ0v) is 11.4. The van der Waals surface area contributed by atoms with E-state index in [0.29, 0.717) is 31.0 Å². The van der Waals surface area contributed by atoms with E-state index in [1.807, 2.05) is 11.8 Å². The van der Waals surface area contributed by atoms with E-state index in [4.69, 9.17) is 5.11 Å². The number of pyridine rings is 1. The van der Waals surface area contributed by atoms with Crippen molar-refractivity contribution in [3.05, 3.63) is 27.9 Å². The van der Waals surface area contributed by atoms with Gasteiger partial charge in [-0.3, -0.25) is 14.9 Å². The van der Waals surface area contributed by atoms with Crippen molar-refractivity contribution in [1.29, 1.82) is 0 Å². The lowest BCUT2D eigenvalue weighted by Gasteiger charge is -2.35. The highest BCUT2D eigenvalue weighted by atomic mass is 16.6. The van der Waals surface area contributed by atoms with Crippen molar-refractivity contribution in [2.45, 2.75) is 20.3 Å². The lowest BCUT2D eigenvalue weighted by molar-refractivity contribution is -0.385. The highest BCUT2D eigenvalue weighted by molar-refractivity contribution is 5.71. The van der Waals surface area contributed by atoms with Gasteiger partial charge in [0.15, 0.2) is 0 Å². The third-order valence-corrected chi connectivity index (χ3v) is 3.57. The number of anilines is 1. The first-order valence-electron chi connectivity index (χ1n) is 6.48. The molecule has 1 aromatic rings. The van der Waals surface area contributed by atoms with Crippen molar-refractivity contribution in [2.24, 2.45) is 11.8 Å². The maximum Gasteiger partial charge on any atom is 0.308 e. The Bertz CT molecular complexity index is 546. The summed E-state index contributed by atoms with van der Waals surface area (Å²) >= 11 is 0. The van der Waals surface area contributed by atoms with Crippen LogP contribution in [0, 0.1) is 28.9 Å². The number of hydrogen-bond donors (Lipinski definition) is 1. The van der Waals surface area contributed by atoms with Gasteiger partial charge in [-0.05, 0) is 25.3 Å². The number of nitro groups is 1. The minimum atomic E-state index is -0.805. The molecule has 7 nitrogen and oxygen atoms in total. The molecule has 0 saturated carbocycles. The molecule has 0 radical (unpaired) electrons. The fourth-order valence-electron chi connectivity index (χ4n) is 2.63. The van der Waals surface area contributed by atoms with Crippen LogP contribution in [0.2, 0.25) is 0 Å². The Balaban J connectivity index is 2.24. The molecule has 1 aliphatic heterocycles. The zero-order valence-electron chi connectivity index (χ0n) is 11.4. The van der Waals surface area contributed by atoms with Gasteiger partial charge in [0.25, 0.3) is 5.69 Å². The van der Waals surface area contributed by atoms with Crippen molar-refractivity contribution in [1.82, 2.24) is 4.98 Å². The fraction of sp³-hybridized carbons (Fsp3) is 0.538. The number of piperidine rings is 1. The van der Waals surface area contributed by atoms with Gasteiger partial charge in [0, 0.05) is 19.2 Å². The molecule has 0 aliphatic carbocycles. The molecule has 0 amide bonds. The van der Waals surface area contributed by atoms with E-state index in [1.165, 1.54) is 6.07 Å². The Morgan fingerprint density at radius 3 is 2.75 bits per heavy atom. The van der Waals surface area contributed by atoms with Crippen LogP contribution >= 0.6 is 0 Å². The molecule has 7 heteroatoms. The summed E-state index contributed by atoms with van der Waals surface area (Å²) < 4.78 is 0. The molecule has 1 aromatic heterocycles. The smallest absolute Gasteiger partial charge is 0.308 e. The number of hydrogen-bond acceptors (Lipinski definition) is 5. The molecule has 2 unspecified atom stereocenters. The summed E-state index contributed by atoms with van der Waals surface area (Å²) in [5.41, 5.74) is 0.325. The largest absolute Gasteiger partial charge is 0.481 e. The maximum absolute atomic E-state index is 11.2. The third-order valence-electron chi connectivity index (χ3n) is 3.57. The molecule has 20 heavy (non-hydrogen) atoms. The first kappa shape index (κ1) is 14.2. The van der Waals surface area contributed by atoms with Gasteiger partial charge >= 0.3 is 5.97 Å². The van der Waals surface area contributed by atoms with Gasteiger partial charge in [-0.25, -0.2) is 4.98 Å². The monoisotopic (exact) mass is 279 g/mol. The van der Waals surface area contributed by atoms with E-state index >= 15 is 0 Å². The van der Waals surface area contributed by atoms with Gasteiger partial charge in [0.2, 0.25) is 0 Å². The fourth-order valence-corrected chi connectivity index (χ4v) is 2.63. The predicted molar refractivity (Wildman–Crippen MR) is 72.7 cm³/mol. The Labute approximate surface area is 116 Å². The molecule has 1 N–H and O–H groups in total. The lowest BCUT2D eigenvalue weighted by atomic mass is 9.90. The minimum absolute atomic E-state index is 0.0198. The second kappa shape index (κ2) is 5.44. The van der Waals surface area contributed by atoms with Crippen molar-refractivity contribution in [3.63, 3.8) is 0 Å². The molecule has 1 saturated heterocycles. The zero-order chi connectivity index (χ0) is 14.9. The van der Waals surface area contributed by atoms with Gasteiger partial charge in [-0.15, -0.1) is 0 Å².